The van der Waals surface area contributed by atoms with Gasteiger partial charge in [-0.1, -0.05) is 30.3 Å². The van der Waals surface area contributed by atoms with Crippen molar-refractivity contribution in [2.45, 2.75) is 20.4 Å². The first-order chi connectivity index (χ1) is 9.58. The molecule has 0 saturated heterocycles. The van der Waals surface area contributed by atoms with Crippen molar-refractivity contribution in [2.75, 3.05) is 7.11 Å². The van der Waals surface area contributed by atoms with Gasteiger partial charge in [0.2, 0.25) is 0 Å². The number of rotatable bonds is 4. The SMILES string of the molecule is COc1c(C(=O)c2ccc(CN)cc2)ccc(C)c1C. The monoisotopic (exact) mass is 269 g/mol. The Hall–Kier alpha value is -2.13. The molecule has 0 atom stereocenters. The predicted octanol–water partition coefficient (Wildman–Crippen LogP) is 3.00. The maximum Gasteiger partial charge on any atom is 0.196 e. The molecule has 3 nitrogen and oxygen atoms in total. The van der Waals surface area contributed by atoms with Crippen molar-refractivity contribution in [1.82, 2.24) is 0 Å². The van der Waals surface area contributed by atoms with E-state index in [1.807, 2.05) is 38.1 Å². The molecule has 3 heteroatoms. The van der Waals surface area contributed by atoms with Crippen LogP contribution in [0, 0.1) is 13.8 Å². The average molecular weight is 269 g/mol. The second-order valence-electron chi connectivity index (χ2n) is 4.82. The highest BCUT2D eigenvalue weighted by Crippen LogP contribution is 2.28. The molecule has 0 heterocycles. The minimum Gasteiger partial charge on any atom is -0.496 e. The highest BCUT2D eigenvalue weighted by atomic mass is 16.5. The van der Waals surface area contributed by atoms with Gasteiger partial charge in [-0.2, -0.15) is 0 Å². The number of aryl methyl sites for hydroxylation is 1. The van der Waals surface area contributed by atoms with Gasteiger partial charge in [0.25, 0.3) is 0 Å². The third kappa shape index (κ3) is 2.58. The van der Waals surface area contributed by atoms with Crippen LogP contribution in [-0.4, -0.2) is 12.9 Å². The maximum atomic E-state index is 12.6. The van der Waals surface area contributed by atoms with Crippen LogP contribution >= 0.6 is 0 Å². The van der Waals surface area contributed by atoms with Crippen LogP contribution in [0.15, 0.2) is 36.4 Å². The fraction of sp³-hybridized carbons (Fsp3) is 0.235. The van der Waals surface area contributed by atoms with Gasteiger partial charge >= 0.3 is 0 Å². The molecule has 104 valence electrons. The number of carbonyl (C=O) groups excluding carboxylic acids is 1. The Morgan fingerprint density at radius 3 is 2.30 bits per heavy atom. The summed E-state index contributed by atoms with van der Waals surface area (Å²) in [6.07, 6.45) is 0. The van der Waals surface area contributed by atoms with Gasteiger partial charge in [-0.05, 0) is 36.6 Å². The molecule has 0 unspecified atom stereocenters. The van der Waals surface area contributed by atoms with Gasteiger partial charge in [0.05, 0.1) is 12.7 Å². The zero-order valence-electron chi connectivity index (χ0n) is 12.1. The smallest absolute Gasteiger partial charge is 0.196 e. The Kier molecular flexibility index (Phi) is 4.20. The van der Waals surface area contributed by atoms with Crippen LogP contribution in [0.1, 0.15) is 32.6 Å². The van der Waals surface area contributed by atoms with Crippen molar-refractivity contribution in [3.05, 3.63) is 64.2 Å². The number of nitrogens with two attached hydrogens (primary N) is 1. The molecule has 0 aliphatic carbocycles. The van der Waals surface area contributed by atoms with Crippen LogP contribution in [-0.2, 0) is 6.54 Å². The summed E-state index contributed by atoms with van der Waals surface area (Å²) in [5.41, 5.74) is 9.91. The standard InChI is InChI=1S/C17H19NO2/c1-11-4-9-15(17(20-3)12(11)2)16(19)14-7-5-13(10-18)6-8-14/h4-9H,10,18H2,1-3H3. The molecular formula is C17H19NO2. The molecule has 2 N–H and O–H groups in total. The summed E-state index contributed by atoms with van der Waals surface area (Å²) in [6.45, 7) is 4.44. The summed E-state index contributed by atoms with van der Waals surface area (Å²) in [6, 6.07) is 11.1. The summed E-state index contributed by atoms with van der Waals surface area (Å²) in [5, 5.41) is 0. The second kappa shape index (κ2) is 5.88. The summed E-state index contributed by atoms with van der Waals surface area (Å²) < 4.78 is 5.40. The van der Waals surface area contributed by atoms with E-state index in [9.17, 15) is 4.79 Å². The highest BCUT2D eigenvalue weighted by molar-refractivity contribution is 6.11. The van der Waals surface area contributed by atoms with Crippen molar-refractivity contribution in [3.63, 3.8) is 0 Å². The van der Waals surface area contributed by atoms with Gasteiger partial charge in [-0.25, -0.2) is 0 Å². The number of ketones is 1. The second-order valence-corrected chi connectivity index (χ2v) is 4.82. The predicted molar refractivity (Wildman–Crippen MR) is 80.2 cm³/mol. The third-order valence-corrected chi connectivity index (χ3v) is 3.58. The molecule has 0 aliphatic rings. The van der Waals surface area contributed by atoms with Gasteiger partial charge in [0.1, 0.15) is 5.75 Å². The van der Waals surface area contributed by atoms with Crippen molar-refractivity contribution in [3.8, 4) is 5.75 Å². The lowest BCUT2D eigenvalue weighted by Gasteiger charge is -2.13. The Morgan fingerprint density at radius 1 is 1.10 bits per heavy atom. The maximum absolute atomic E-state index is 12.6. The molecule has 0 spiro atoms. The number of hydrogen-bond acceptors (Lipinski definition) is 3. The first kappa shape index (κ1) is 14.3. The Balaban J connectivity index is 2.45. The van der Waals surface area contributed by atoms with E-state index < -0.39 is 0 Å². The van der Waals surface area contributed by atoms with Crippen molar-refractivity contribution < 1.29 is 9.53 Å². The van der Waals surface area contributed by atoms with Crippen LogP contribution in [0.2, 0.25) is 0 Å². The zero-order chi connectivity index (χ0) is 14.7. The number of ether oxygens (including phenoxy) is 1. The Bertz CT molecular complexity index is 630. The molecule has 0 bridgehead atoms. The van der Waals surface area contributed by atoms with Gasteiger partial charge in [0, 0.05) is 12.1 Å². The molecule has 2 aromatic carbocycles. The summed E-state index contributed by atoms with van der Waals surface area (Å²) in [4.78, 5) is 12.6. The largest absolute Gasteiger partial charge is 0.496 e. The van der Waals surface area contributed by atoms with E-state index in [2.05, 4.69) is 0 Å². The molecule has 2 aromatic rings. The van der Waals surface area contributed by atoms with Gasteiger partial charge in [-0.15, -0.1) is 0 Å². The highest BCUT2D eigenvalue weighted by Gasteiger charge is 2.17. The van der Waals surface area contributed by atoms with E-state index in [-0.39, 0.29) is 5.78 Å². The lowest BCUT2D eigenvalue weighted by Crippen LogP contribution is -2.06. The van der Waals surface area contributed by atoms with E-state index in [4.69, 9.17) is 10.5 Å². The topological polar surface area (TPSA) is 52.3 Å². The van der Waals surface area contributed by atoms with E-state index in [0.29, 0.717) is 23.4 Å². The minimum absolute atomic E-state index is 0.0338. The van der Waals surface area contributed by atoms with Crippen LogP contribution < -0.4 is 10.5 Å². The molecule has 0 aromatic heterocycles. The van der Waals surface area contributed by atoms with Gasteiger partial charge in [0.15, 0.2) is 5.78 Å². The molecule has 0 fully saturated rings. The van der Waals surface area contributed by atoms with Crippen LogP contribution in [0.25, 0.3) is 0 Å². The van der Waals surface area contributed by atoms with Crippen molar-refractivity contribution in [2.24, 2.45) is 5.73 Å². The first-order valence-corrected chi connectivity index (χ1v) is 6.56. The van der Waals surface area contributed by atoms with E-state index in [1.54, 1.807) is 19.2 Å². The van der Waals surface area contributed by atoms with Gasteiger partial charge in [-0.3, -0.25) is 4.79 Å². The zero-order valence-corrected chi connectivity index (χ0v) is 12.1. The summed E-state index contributed by atoms with van der Waals surface area (Å²) in [5.74, 6) is 0.617. The lowest BCUT2D eigenvalue weighted by molar-refractivity contribution is 0.103. The molecule has 0 radical (unpaired) electrons. The van der Waals surface area contributed by atoms with Crippen LogP contribution in [0.3, 0.4) is 0 Å². The van der Waals surface area contributed by atoms with Crippen LogP contribution in [0.5, 0.6) is 5.75 Å². The van der Waals surface area contributed by atoms with E-state index in [1.165, 1.54) is 0 Å². The lowest BCUT2D eigenvalue weighted by atomic mass is 9.97. The molecule has 2 rings (SSSR count). The number of methoxy groups -OCH3 is 1. The first-order valence-electron chi connectivity index (χ1n) is 6.56. The molecular weight excluding hydrogens is 250 g/mol. The fourth-order valence-corrected chi connectivity index (χ4v) is 2.18. The van der Waals surface area contributed by atoms with E-state index >= 15 is 0 Å². The number of carbonyl (C=O) groups is 1. The quantitative estimate of drug-likeness (QED) is 0.868. The fourth-order valence-electron chi connectivity index (χ4n) is 2.18. The van der Waals surface area contributed by atoms with E-state index in [0.717, 1.165) is 16.7 Å². The molecule has 20 heavy (non-hydrogen) atoms. The average Bonchev–Trinajstić information content (AvgIpc) is 2.49. The molecule has 0 amide bonds. The molecule has 0 saturated carbocycles. The normalized spacial score (nSPS) is 10.4. The summed E-state index contributed by atoms with van der Waals surface area (Å²) in [7, 11) is 1.59. The summed E-state index contributed by atoms with van der Waals surface area (Å²) >= 11 is 0. The van der Waals surface area contributed by atoms with Gasteiger partial charge < -0.3 is 10.5 Å². The van der Waals surface area contributed by atoms with Crippen molar-refractivity contribution >= 4 is 5.78 Å². The Labute approximate surface area is 119 Å². The third-order valence-electron chi connectivity index (χ3n) is 3.58. The number of benzene rings is 2. The number of hydrogen-bond donors (Lipinski definition) is 1. The van der Waals surface area contributed by atoms with Crippen molar-refractivity contribution in [1.29, 1.82) is 0 Å². The minimum atomic E-state index is -0.0338. The molecule has 0 aliphatic heterocycles. The Morgan fingerprint density at radius 2 is 1.75 bits per heavy atom. The van der Waals surface area contributed by atoms with Crippen LogP contribution in [0.4, 0.5) is 0 Å².